The molecule has 38 heavy (non-hydrogen) atoms. The predicted octanol–water partition coefficient (Wildman–Crippen LogP) is 5.25. The second-order valence-electron chi connectivity index (χ2n) is 11.0. The molecule has 11 heteroatoms. The summed E-state index contributed by atoms with van der Waals surface area (Å²) in [6.07, 6.45) is 4.19. The Labute approximate surface area is 226 Å². The number of ether oxygens (including phenoxy) is 2. The number of rotatable bonds is 8. The molecule has 4 rings (SSSR count). The van der Waals surface area contributed by atoms with Gasteiger partial charge < -0.3 is 19.5 Å². The van der Waals surface area contributed by atoms with Crippen molar-refractivity contribution in [3.8, 4) is 17.5 Å². The van der Waals surface area contributed by atoms with Gasteiger partial charge in [0, 0.05) is 18.5 Å². The van der Waals surface area contributed by atoms with Crippen LogP contribution < -0.4 is 9.47 Å². The molecule has 0 radical (unpaired) electrons. The van der Waals surface area contributed by atoms with Crippen molar-refractivity contribution >= 4 is 17.5 Å². The lowest BCUT2D eigenvalue weighted by Crippen LogP contribution is -2.51. The summed E-state index contributed by atoms with van der Waals surface area (Å²) in [5.41, 5.74) is 1.64. The molecule has 2 fully saturated rings. The standard InChI is InChI=1S/C27H37N3O7S/c1-18-24(34-13-5-6-19-11-12-30(26(31)32)23(14-19)27(2,3)4)28-17-29-25(18)37-22-9-7-20(8-10-22)21-15-35-38(33)36-16-21/h7-10,17,19,21,23H,5-6,11-16H2,1-4H3,(H,31,32)/t19-,21?,23+,38?/m0/s1. The van der Waals surface area contributed by atoms with Crippen LogP contribution in [0.4, 0.5) is 4.79 Å². The van der Waals surface area contributed by atoms with Crippen molar-refractivity contribution in [2.45, 2.75) is 65.3 Å². The number of carboxylic acid groups (broad SMARTS) is 1. The first kappa shape index (κ1) is 28.3. The number of likely N-dealkylation sites (tertiary alicyclic amines) is 1. The predicted molar refractivity (Wildman–Crippen MR) is 141 cm³/mol. The largest absolute Gasteiger partial charge is 0.477 e. The maximum atomic E-state index is 11.7. The maximum Gasteiger partial charge on any atom is 0.407 e. The van der Waals surface area contributed by atoms with Crippen LogP contribution in [0.5, 0.6) is 17.5 Å². The molecule has 3 heterocycles. The maximum absolute atomic E-state index is 11.7. The van der Waals surface area contributed by atoms with Crippen LogP contribution in [0.2, 0.25) is 0 Å². The molecular weight excluding hydrogens is 510 g/mol. The van der Waals surface area contributed by atoms with Crippen molar-refractivity contribution in [2.75, 3.05) is 26.4 Å². The Morgan fingerprint density at radius 2 is 1.84 bits per heavy atom. The van der Waals surface area contributed by atoms with Crippen molar-refractivity contribution in [1.82, 2.24) is 14.9 Å². The number of aromatic nitrogens is 2. The van der Waals surface area contributed by atoms with Crippen LogP contribution in [0.25, 0.3) is 0 Å². The Morgan fingerprint density at radius 3 is 2.50 bits per heavy atom. The van der Waals surface area contributed by atoms with E-state index in [-0.39, 0.29) is 17.4 Å². The average Bonchev–Trinajstić information content (AvgIpc) is 2.89. The first-order valence-corrected chi connectivity index (χ1v) is 14.0. The normalized spacial score (nSPS) is 24.2. The summed E-state index contributed by atoms with van der Waals surface area (Å²) >= 11 is -1.66. The highest BCUT2D eigenvalue weighted by molar-refractivity contribution is 7.75. The van der Waals surface area contributed by atoms with Gasteiger partial charge in [0.2, 0.25) is 11.8 Å². The topological polar surface area (TPSA) is 120 Å². The minimum atomic E-state index is -1.66. The fourth-order valence-electron chi connectivity index (χ4n) is 5.03. The molecule has 2 saturated heterocycles. The molecule has 2 aliphatic heterocycles. The van der Waals surface area contributed by atoms with E-state index in [9.17, 15) is 14.1 Å². The van der Waals surface area contributed by atoms with Crippen molar-refractivity contribution in [3.05, 3.63) is 41.7 Å². The van der Waals surface area contributed by atoms with Crippen molar-refractivity contribution in [1.29, 1.82) is 0 Å². The molecule has 0 bridgehead atoms. The van der Waals surface area contributed by atoms with E-state index >= 15 is 0 Å². The van der Waals surface area contributed by atoms with E-state index in [0.717, 1.165) is 36.8 Å². The van der Waals surface area contributed by atoms with Crippen molar-refractivity contribution in [3.63, 3.8) is 0 Å². The van der Waals surface area contributed by atoms with Gasteiger partial charge in [-0.1, -0.05) is 32.9 Å². The van der Waals surface area contributed by atoms with Gasteiger partial charge in [-0.15, -0.1) is 0 Å². The first-order valence-electron chi connectivity index (χ1n) is 13.0. The van der Waals surface area contributed by atoms with Gasteiger partial charge in [0.25, 0.3) is 0 Å². The Morgan fingerprint density at radius 1 is 1.16 bits per heavy atom. The molecule has 10 nitrogen and oxygen atoms in total. The van der Waals surface area contributed by atoms with Gasteiger partial charge in [-0.2, -0.15) is 4.21 Å². The van der Waals surface area contributed by atoms with Gasteiger partial charge in [0.1, 0.15) is 12.1 Å². The van der Waals surface area contributed by atoms with E-state index in [1.807, 2.05) is 31.2 Å². The molecule has 2 atom stereocenters. The summed E-state index contributed by atoms with van der Waals surface area (Å²) in [6, 6.07) is 7.58. The summed E-state index contributed by atoms with van der Waals surface area (Å²) < 4.78 is 33.3. The van der Waals surface area contributed by atoms with Crippen molar-refractivity contribution in [2.24, 2.45) is 11.3 Å². The zero-order valence-electron chi connectivity index (χ0n) is 22.4. The van der Waals surface area contributed by atoms with Gasteiger partial charge in [0.05, 0.1) is 25.4 Å². The SMILES string of the molecule is Cc1c(OCCC[C@H]2CCN(C(=O)O)[C@@H](C(C)(C)C)C2)ncnc1Oc1ccc(C2COS(=O)OC2)cc1. The number of hydrogen-bond acceptors (Lipinski definition) is 8. The van der Waals surface area contributed by atoms with Crippen LogP contribution in [0, 0.1) is 18.3 Å². The Balaban J connectivity index is 1.27. The van der Waals surface area contributed by atoms with E-state index in [1.165, 1.54) is 6.33 Å². The van der Waals surface area contributed by atoms with Crippen LogP contribution in [-0.4, -0.2) is 62.7 Å². The molecule has 208 valence electrons. The quantitative estimate of drug-likeness (QED) is 0.442. The summed E-state index contributed by atoms with van der Waals surface area (Å²) in [5.74, 6) is 2.04. The highest BCUT2D eigenvalue weighted by atomic mass is 32.2. The van der Waals surface area contributed by atoms with Crippen LogP contribution in [-0.2, 0) is 19.7 Å². The number of benzene rings is 1. The highest BCUT2D eigenvalue weighted by Crippen LogP contribution is 2.36. The van der Waals surface area contributed by atoms with E-state index < -0.39 is 17.5 Å². The minimum absolute atomic E-state index is 0.0200. The molecule has 1 aromatic heterocycles. The summed E-state index contributed by atoms with van der Waals surface area (Å²) in [7, 11) is 0. The lowest BCUT2D eigenvalue weighted by atomic mass is 9.76. The van der Waals surface area contributed by atoms with Gasteiger partial charge in [-0.25, -0.2) is 14.8 Å². The molecular formula is C27H37N3O7S. The molecule has 0 unspecified atom stereocenters. The van der Waals surface area contributed by atoms with Gasteiger partial charge in [-0.3, -0.25) is 8.37 Å². The molecule has 0 spiro atoms. The van der Waals surface area contributed by atoms with Crippen LogP contribution in [0.15, 0.2) is 30.6 Å². The number of carbonyl (C=O) groups is 1. The smallest absolute Gasteiger partial charge is 0.407 e. The molecule has 2 aromatic rings. The van der Waals surface area contributed by atoms with E-state index in [1.54, 1.807) is 4.90 Å². The van der Waals surface area contributed by atoms with Gasteiger partial charge in [0.15, 0.2) is 0 Å². The van der Waals surface area contributed by atoms with E-state index in [2.05, 4.69) is 30.7 Å². The molecule has 1 amide bonds. The fraction of sp³-hybridized carbons (Fsp3) is 0.593. The summed E-state index contributed by atoms with van der Waals surface area (Å²) in [4.78, 5) is 21.8. The third kappa shape index (κ3) is 7.21. The third-order valence-corrected chi connectivity index (χ3v) is 7.90. The number of hydrogen-bond donors (Lipinski definition) is 1. The van der Waals surface area contributed by atoms with Crippen molar-refractivity contribution < 1.29 is 31.9 Å². The zero-order valence-corrected chi connectivity index (χ0v) is 23.2. The summed E-state index contributed by atoms with van der Waals surface area (Å²) in [5, 5.41) is 9.58. The Kier molecular flexibility index (Phi) is 9.22. The number of nitrogens with zero attached hydrogens (tertiary/aromatic N) is 3. The van der Waals surface area contributed by atoms with Crippen LogP contribution in [0.1, 0.15) is 63.5 Å². The Bertz CT molecular complexity index is 1110. The molecule has 2 aliphatic rings. The fourth-order valence-corrected chi connectivity index (χ4v) is 5.65. The lowest BCUT2D eigenvalue weighted by Gasteiger charge is -2.44. The monoisotopic (exact) mass is 547 g/mol. The van der Waals surface area contributed by atoms with Crippen LogP contribution >= 0.6 is 0 Å². The van der Waals surface area contributed by atoms with Gasteiger partial charge in [-0.05, 0) is 61.6 Å². The zero-order chi connectivity index (χ0) is 27.3. The number of amides is 1. The minimum Gasteiger partial charge on any atom is -0.477 e. The highest BCUT2D eigenvalue weighted by Gasteiger charge is 2.38. The first-order chi connectivity index (χ1) is 18.1. The third-order valence-electron chi connectivity index (χ3n) is 7.24. The lowest BCUT2D eigenvalue weighted by molar-refractivity contribution is 0.0379. The second kappa shape index (κ2) is 12.4. The van der Waals surface area contributed by atoms with E-state index in [4.69, 9.17) is 17.8 Å². The molecule has 0 aliphatic carbocycles. The second-order valence-corrected chi connectivity index (χ2v) is 11.9. The molecule has 0 saturated carbocycles. The average molecular weight is 548 g/mol. The molecule has 1 aromatic carbocycles. The summed E-state index contributed by atoms with van der Waals surface area (Å²) in [6.45, 7) is 9.97. The number of piperidine rings is 1. The van der Waals surface area contributed by atoms with Gasteiger partial charge >= 0.3 is 17.5 Å². The Hall–Kier alpha value is -2.76. The van der Waals surface area contributed by atoms with E-state index in [0.29, 0.717) is 49.8 Å². The molecule has 1 N–H and O–H groups in total. The van der Waals surface area contributed by atoms with Crippen LogP contribution in [0.3, 0.4) is 0 Å².